The van der Waals surface area contributed by atoms with E-state index >= 15 is 0 Å². The normalized spacial score (nSPS) is 20.2. The van der Waals surface area contributed by atoms with Crippen molar-refractivity contribution in [2.45, 2.75) is 37.4 Å². The Hall–Kier alpha value is -0.580. The van der Waals surface area contributed by atoms with Crippen LogP contribution in [0.2, 0.25) is 0 Å². The van der Waals surface area contributed by atoms with Gasteiger partial charge in [0.25, 0.3) is 0 Å². The van der Waals surface area contributed by atoms with Crippen LogP contribution < -0.4 is 5.73 Å². The number of aryl methyl sites for hydroxylation is 1. The molecule has 1 atom stereocenters. The van der Waals surface area contributed by atoms with Crippen molar-refractivity contribution in [3.8, 4) is 0 Å². The van der Waals surface area contributed by atoms with Crippen LogP contribution in [0.4, 0.5) is 0 Å². The van der Waals surface area contributed by atoms with E-state index in [4.69, 9.17) is 10.5 Å². The van der Waals surface area contributed by atoms with Crippen LogP contribution in [0.5, 0.6) is 0 Å². The number of nitrogens with two attached hydrogens (primary N) is 1. The smallest absolute Gasteiger partial charge is 0.0967 e. The average molecular weight is 238 g/mol. The summed E-state index contributed by atoms with van der Waals surface area (Å²) in [5.74, 6) is 1.00. The zero-order chi connectivity index (χ0) is 11.4. The minimum atomic E-state index is 0.411. The lowest BCUT2D eigenvalue weighted by Crippen LogP contribution is -2.08. The molecule has 1 aliphatic heterocycles. The van der Waals surface area contributed by atoms with Crippen LogP contribution in [-0.4, -0.2) is 23.4 Å². The van der Waals surface area contributed by atoms with E-state index in [1.54, 1.807) is 11.8 Å². The summed E-state index contributed by atoms with van der Waals surface area (Å²) >= 11 is 1.77. The second kappa shape index (κ2) is 5.66. The van der Waals surface area contributed by atoms with Crippen molar-refractivity contribution in [2.75, 3.05) is 12.4 Å². The largest absolute Gasteiger partial charge is 0.377 e. The highest BCUT2D eigenvalue weighted by atomic mass is 32.2. The zero-order valence-electron chi connectivity index (χ0n) is 9.61. The van der Waals surface area contributed by atoms with Crippen LogP contribution in [0.1, 0.15) is 24.1 Å². The second-order valence-corrected chi connectivity index (χ2v) is 5.15. The highest BCUT2D eigenvalue weighted by Gasteiger charge is 2.15. The van der Waals surface area contributed by atoms with E-state index in [9.17, 15) is 0 Å². The lowest BCUT2D eigenvalue weighted by Gasteiger charge is -2.09. The molecule has 0 aliphatic carbocycles. The number of hydrogen-bond acceptors (Lipinski definition) is 4. The van der Waals surface area contributed by atoms with Crippen molar-refractivity contribution < 1.29 is 4.74 Å². The molecular weight excluding hydrogens is 220 g/mol. The number of nitrogens with zero attached hydrogens (tertiary/aromatic N) is 1. The van der Waals surface area contributed by atoms with Gasteiger partial charge in [0.05, 0.1) is 11.1 Å². The Morgan fingerprint density at radius 3 is 3.12 bits per heavy atom. The molecule has 2 rings (SSSR count). The first-order valence-corrected chi connectivity index (χ1v) is 6.68. The van der Waals surface area contributed by atoms with Gasteiger partial charge in [-0.1, -0.05) is 0 Å². The summed E-state index contributed by atoms with van der Waals surface area (Å²) in [7, 11) is 0. The van der Waals surface area contributed by atoms with Crippen molar-refractivity contribution in [1.29, 1.82) is 0 Å². The molecule has 1 aromatic rings. The van der Waals surface area contributed by atoms with Gasteiger partial charge in [0, 0.05) is 24.6 Å². The zero-order valence-corrected chi connectivity index (χ0v) is 10.4. The second-order valence-electron chi connectivity index (χ2n) is 4.11. The lowest BCUT2D eigenvalue weighted by atomic mass is 10.2. The van der Waals surface area contributed by atoms with E-state index in [0.717, 1.165) is 28.6 Å². The van der Waals surface area contributed by atoms with Gasteiger partial charge in [-0.15, -0.1) is 11.8 Å². The average Bonchev–Trinajstić information content (AvgIpc) is 2.78. The van der Waals surface area contributed by atoms with E-state index in [1.165, 1.54) is 12.8 Å². The highest BCUT2D eigenvalue weighted by Crippen LogP contribution is 2.23. The van der Waals surface area contributed by atoms with Crippen LogP contribution in [0.15, 0.2) is 17.2 Å². The first kappa shape index (κ1) is 11.9. The maximum Gasteiger partial charge on any atom is 0.0967 e. The first-order chi connectivity index (χ1) is 7.78. The molecule has 1 fully saturated rings. The van der Waals surface area contributed by atoms with E-state index in [2.05, 4.69) is 11.1 Å². The molecule has 0 bridgehead atoms. The predicted octanol–water partition coefficient (Wildman–Crippen LogP) is 2.12. The van der Waals surface area contributed by atoms with Crippen molar-refractivity contribution >= 4 is 11.8 Å². The molecule has 0 aromatic carbocycles. The Bertz CT molecular complexity index is 351. The molecule has 0 radical (unpaired) electrons. The summed E-state index contributed by atoms with van der Waals surface area (Å²) in [5.41, 5.74) is 7.84. The van der Waals surface area contributed by atoms with Crippen LogP contribution in [0.25, 0.3) is 0 Å². The van der Waals surface area contributed by atoms with E-state index in [0.29, 0.717) is 12.6 Å². The fourth-order valence-corrected chi connectivity index (χ4v) is 2.92. The molecule has 4 heteroatoms. The number of thioether (sulfide) groups is 1. The van der Waals surface area contributed by atoms with Gasteiger partial charge in [0.2, 0.25) is 0 Å². The minimum absolute atomic E-state index is 0.411. The van der Waals surface area contributed by atoms with Crippen LogP contribution in [0.3, 0.4) is 0 Å². The maximum absolute atomic E-state index is 5.64. The van der Waals surface area contributed by atoms with Crippen molar-refractivity contribution in [3.63, 3.8) is 0 Å². The van der Waals surface area contributed by atoms with Crippen molar-refractivity contribution in [2.24, 2.45) is 5.73 Å². The topological polar surface area (TPSA) is 48.1 Å². The highest BCUT2D eigenvalue weighted by molar-refractivity contribution is 7.99. The molecule has 16 heavy (non-hydrogen) atoms. The van der Waals surface area contributed by atoms with Crippen LogP contribution >= 0.6 is 11.8 Å². The number of rotatable bonds is 4. The third-order valence-electron chi connectivity index (χ3n) is 2.67. The molecule has 2 N–H and O–H groups in total. The van der Waals surface area contributed by atoms with Crippen molar-refractivity contribution in [1.82, 2.24) is 4.98 Å². The van der Waals surface area contributed by atoms with Gasteiger partial charge >= 0.3 is 0 Å². The monoisotopic (exact) mass is 238 g/mol. The van der Waals surface area contributed by atoms with Gasteiger partial charge in [-0.05, 0) is 37.5 Å². The third-order valence-corrected chi connectivity index (χ3v) is 3.71. The molecule has 1 unspecified atom stereocenters. The predicted molar refractivity (Wildman–Crippen MR) is 66.6 cm³/mol. The standard InChI is InChI=1S/C12H18N2OS/c1-9-5-10(7-13)6-12(14-9)16-8-11-3-2-4-15-11/h5-6,11H,2-4,7-8,13H2,1H3. The molecule has 1 aromatic heterocycles. The maximum atomic E-state index is 5.64. The Balaban J connectivity index is 1.94. The summed E-state index contributed by atoms with van der Waals surface area (Å²) in [6.45, 7) is 3.51. The van der Waals surface area contributed by atoms with Gasteiger partial charge in [-0.2, -0.15) is 0 Å². The number of aromatic nitrogens is 1. The van der Waals surface area contributed by atoms with Crippen LogP contribution in [-0.2, 0) is 11.3 Å². The third kappa shape index (κ3) is 3.20. The van der Waals surface area contributed by atoms with Crippen molar-refractivity contribution in [3.05, 3.63) is 23.4 Å². The molecule has 0 saturated carbocycles. The summed E-state index contributed by atoms with van der Waals surface area (Å²) in [6, 6.07) is 4.11. The molecule has 3 nitrogen and oxygen atoms in total. The van der Waals surface area contributed by atoms with Gasteiger partial charge in [-0.3, -0.25) is 0 Å². The SMILES string of the molecule is Cc1cc(CN)cc(SCC2CCCO2)n1. The first-order valence-electron chi connectivity index (χ1n) is 5.70. The number of pyridine rings is 1. The van der Waals surface area contributed by atoms with Crippen LogP contribution in [0, 0.1) is 6.92 Å². The molecule has 2 heterocycles. The van der Waals surface area contributed by atoms with E-state index in [-0.39, 0.29) is 0 Å². The molecular formula is C12H18N2OS. The number of ether oxygens (including phenoxy) is 1. The summed E-state index contributed by atoms with van der Waals surface area (Å²) in [5, 5.41) is 1.07. The molecule has 0 amide bonds. The van der Waals surface area contributed by atoms with Gasteiger partial charge in [-0.25, -0.2) is 4.98 Å². The Morgan fingerprint density at radius 2 is 2.44 bits per heavy atom. The molecule has 1 saturated heterocycles. The lowest BCUT2D eigenvalue weighted by molar-refractivity contribution is 0.129. The van der Waals surface area contributed by atoms with Gasteiger partial charge in [0.1, 0.15) is 0 Å². The quantitative estimate of drug-likeness (QED) is 0.816. The fraction of sp³-hybridized carbons (Fsp3) is 0.583. The van der Waals surface area contributed by atoms with E-state index < -0.39 is 0 Å². The Kier molecular flexibility index (Phi) is 4.21. The summed E-state index contributed by atoms with van der Waals surface area (Å²) < 4.78 is 5.59. The number of hydrogen-bond donors (Lipinski definition) is 1. The van der Waals surface area contributed by atoms with Gasteiger partial charge in [0.15, 0.2) is 0 Å². The molecule has 88 valence electrons. The molecule has 1 aliphatic rings. The summed E-state index contributed by atoms with van der Waals surface area (Å²) in [4.78, 5) is 4.49. The molecule has 0 spiro atoms. The minimum Gasteiger partial charge on any atom is -0.377 e. The van der Waals surface area contributed by atoms with E-state index in [1.807, 2.05) is 13.0 Å². The Morgan fingerprint density at radius 1 is 1.56 bits per heavy atom. The van der Waals surface area contributed by atoms with Gasteiger partial charge < -0.3 is 10.5 Å². The Labute approximate surface area is 101 Å². The summed E-state index contributed by atoms with van der Waals surface area (Å²) in [6.07, 6.45) is 2.79. The fourth-order valence-electron chi connectivity index (χ4n) is 1.85.